The molecule has 0 atom stereocenters. The molecule has 2 aliphatic rings. The zero-order valence-corrected chi connectivity index (χ0v) is 16.9. The van der Waals surface area contributed by atoms with E-state index < -0.39 is 0 Å². The Morgan fingerprint density at radius 2 is 1.86 bits per heavy atom. The number of morpholine rings is 1. The van der Waals surface area contributed by atoms with Crippen molar-refractivity contribution in [1.82, 2.24) is 15.1 Å². The molecule has 0 bridgehead atoms. The van der Waals surface area contributed by atoms with Crippen LogP contribution in [0, 0.1) is 5.92 Å². The highest BCUT2D eigenvalue weighted by Crippen LogP contribution is 2.21. The highest BCUT2D eigenvalue weighted by molar-refractivity contribution is 5.97. The van der Waals surface area contributed by atoms with Crippen LogP contribution in [0.5, 0.6) is 0 Å². The molecular formula is C21H32N4O3. The molecular weight excluding hydrogens is 356 g/mol. The van der Waals surface area contributed by atoms with E-state index in [2.05, 4.69) is 15.5 Å². The van der Waals surface area contributed by atoms with Crippen molar-refractivity contribution in [2.45, 2.75) is 32.7 Å². The van der Waals surface area contributed by atoms with Crippen LogP contribution in [-0.4, -0.2) is 73.7 Å². The Morgan fingerprint density at radius 1 is 1.14 bits per heavy atom. The highest BCUT2D eigenvalue weighted by Gasteiger charge is 2.25. The first kappa shape index (κ1) is 20.6. The van der Waals surface area contributed by atoms with Gasteiger partial charge in [-0.3, -0.25) is 9.69 Å². The summed E-state index contributed by atoms with van der Waals surface area (Å²) in [6.45, 7) is 10.2. The van der Waals surface area contributed by atoms with Crippen LogP contribution in [0.1, 0.15) is 37.0 Å². The summed E-state index contributed by atoms with van der Waals surface area (Å²) in [4.78, 5) is 29.2. The molecule has 3 rings (SSSR count). The van der Waals surface area contributed by atoms with Gasteiger partial charge in [0, 0.05) is 50.0 Å². The second-order valence-corrected chi connectivity index (χ2v) is 7.98. The molecule has 2 saturated heterocycles. The minimum atomic E-state index is -0.261. The van der Waals surface area contributed by atoms with E-state index in [1.807, 2.05) is 30.9 Å². The molecule has 2 N–H and O–H groups in total. The second kappa shape index (κ2) is 9.89. The van der Waals surface area contributed by atoms with Gasteiger partial charge in [-0.25, -0.2) is 4.79 Å². The highest BCUT2D eigenvalue weighted by atomic mass is 16.5. The SMILES string of the molecule is CC(C)NC(=O)Nc1cccc(C(=O)N2CCC(CN3CCOCC3)CC2)c1. The molecule has 0 spiro atoms. The van der Waals surface area contributed by atoms with E-state index in [0.717, 1.165) is 58.8 Å². The van der Waals surface area contributed by atoms with Gasteiger partial charge in [-0.1, -0.05) is 6.07 Å². The van der Waals surface area contributed by atoms with Crippen LogP contribution in [0.15, 0.2) is 24.3 Å². The smallest absolute Gasteiger partial charge is 0.319 e. The molecule has 0 aromatic heterocycles. The van der Waals surface area contributed by atoms with Crippen LogP contribution in [0.4, 0.5) is 10.5 Å². The number of anilines is 1. The molecule has 28 heavy (non-hydrogen) atoms. The van der Waals surface area contributed by atoms with Crippen molar-refractivity contribution in [2.24, 2.45) is 5.92 Å². The number of rotatable bonds is 5. The maximum absolute atomic E-state index is 12.9. The Hall–Kier alpha value is -2.12. The molecule has 0 aliphatic carbocycles. The molecule has 2 fully saturated rings. The maximum atomic E-state index is 12.9. The Kier molecular flexibility index (Phi) is 7.28. The minimum Gasteiger partial charge on any atom is -0.379 e. The lowest BCUT2D eigenvalue weighted by Gasteiger charge is -2.36. The normalized spacial score (nSPS) is 18.9. The second-order valence-electron chi connectivity index (χ2n) is 7.98. The van der Waals surface area contributed by atoms with Crippen molar-refractivity contribution >= 4 is 17.6 Å². The quantitative estimate of drug-likeness (QED) is 0.812. The lowest BCUT2D eigenvalue weighted by Crippen LogP contribution is -2.44. The molecule has 0 radical (unpaired) electrons. The van der Waals surface area contributed by atoms with Gasteiger partial charge in [-0.05, 0) is 50.8 Å². The summed E-state index contributed by atoms with van der Waals surface area (Å²) in [7, 11) is 0. The number of ether oxygens (including phenoxy) is 1. The van der Waals surface area contributed by atoms with Gasteiger partial charge in [0.2, 0.25) is 0 Å². The van der Waals surface area contributed by atoms with E-state index in [4.69, 9.17) is 4.74 Å². The van der Waals surface area contributed by atoms with Crippen molar-refractivity contribution in [3.63, 3.8) is 0 Å². The summed E-state index contributed by atoms with van der Waals surface area (Å²) >= 11 is 0. The zero-order chi connectivity index (χ0) is 19.9. The van der Waals surface area contributed by atoms with Gasteiger partial charge in [0.05, 0.1) is 13.2 Å². The monoisotopic (exact) mass is 388 g/mol. The summed E-state index contributed by atoms with van der Waals surface area (Å²) < 4.78 is 5.41. The topological polar surface area (TPSA) is 73.9 Å². The summed E-state index contributed by atoms with van der Waals surface area (Å²) in [5.74, 6) is 0.688. The molecule has 7 nitrogen and oxygen atoms in total. The fraction of sp³-hybridized carbons (Fsp3) is 0.619. The van der Waals surface area contributed by atoms with E-state index >= 15 is 0 Å². The summed E-state index contributed by atoms with van der Waals surface area (Å²) in [6, 6.07) is 6.97. The van der Waals surface area contributed by atoms with Gasteiger partial charge in [-0.15, -0.1) is 0 Å². The third-order valence-corrected chi connectivity index (χ3v) is 5.31. The van der Waals surface area contributed by atoms with E-state index in [1.165, 1.54) is 0 Å². The molecule has 1 aromatic carbocycles. The van der Waals surface area contributed by atoms with E-state index in [9.17, 15) is 9.59 Å². The number of carbonyl (C=O) groups is 2. The first-order valence-electron chi connectivity index (χ1n) is 10.3. The standard InChI is InChI=1S/C21H32N4O3/c1-16(2)22-21(27)23-19-5-3-4-18(14-19)20(26)25-8-6-17(7-9-25)15-24-10-12-28-13-11-24/h3-5,14,16-17H,6-13,15H2,1-2H3,(H2,22,23,27). The number of urea groups is 1. The predicted octanol–water partition coefficient (Wildman–Crippen LogP) is 2.40. The largest absolute Gasteiger partial charge is 0.379 e. The first-order valence-corrected chi connectivity index (χ1v) is 10.3. The van der Waals surface area contributed by atoms with Crippen LogP contribution in [0.25, 0.3) is 0 Å². The Morgan fingerprint density at radius 3 is 2.54 bits per heavy atom. The van der Waals surface area contributed by atoms with Gasteiger partial charge in [-0.2, -0.15) is 0 Å². The van der Waals surface area contributed by atoms with Gasteiger partial charge in [0.25, 0.3) is 5.91 Å². The number of nitrogens with one attached hydrogen (secondary N) is 2. The van der Waals surface area contributed by atoms with Gasteiger partial charge in [0.1, 0.15) is 0 Å². The number of nitrogens with zero attached hydrogens (tertiary/aromatic N) is 2. The Bertz CT molecular complexity index is 665. The molecule has 2 heterocycles. The van der Waals surface area contributed by atoms with Gasteiger partial charge >= 0.3 is 6.03 Å². The lowest BCUT2D eigenvalue weighted by atomic mass is 9.95. The number of piperidine rings is 1. The number of hydrogen-bond donors (Lipinski definition) is 2. The number of carbonyl (C=O) groups excluding carboxylic acids is 2. The third kappa shape index (κ3) is 5.94. The summed E-state index contributed by atoms with van der Waals surface area (Å²) in [5, 5.41) is 5.57. The van der Waals surface area contributed by atoms with E-state index in [-0.39, 0.29) is 18.0 Å². The molecule has 2 aliphatic heterocycles. The number of benzene rings is 1. The maximum Gasteiger partial charge on any atom is 0.319 e. The van der Waals surface area contributed by atoms with Crippen LogP contribution in [-0.2, 0) is 4.74 Å². The van der Waals surface area contributed by atoms with E-state index in [1.54, 1.807) is 12.1 Å². The van der Waals surface area contributed by atoms with Crippen LogP contribution in [0.3, 0.4) is 0 Å². The van der Waals surface area contributed by atoms with Crippen molar-refractivity contribution in [1.29, 1.82) is 0 Å². The lowest BCUT2D eigenvalue weighted by molar-refractivity contribution is 0.0243. The van der Waals surface area contributed by atoms with Crippen molar-refractivity contribution in [3.05, 3.63) is 29.8 Å². The van der Waals surface area contributed by atoms with E-state index in [0.29, 0.717) is 17.2 Å². The summed E-state index contributed by atoms with van der Waals surface area (Å²) in [5.41, 5.74) is 1.25. The van der Waals surface area contributed by atoms with Gasteiger partial charge < -0.3 is 20.3 Å². The van der Waals surface area contributed by atoms with Crippen molar-refractivity contribution in [2.75, 3.05) is 51.3 Å². The average Bonchev–Trinajstić information content (AvgIpc) is 2.68. The minimum absolute atomic E-state index is 0.0396. The third-order valence-electron chi connectivity index (χ3n) is 5.31. The number of likely N-dealkylation sites (tertiary alicyclic amines) is 1. The predicted molar refractivity (Wildman–Crippen MR) is 110 cm³/mol. The number of hydrogen-bond acceptors (Lipinski definition) is 4. The molecule has 0 unspecified atom stereocenters. The molecule has 3 amide bonds. The molecule has 0 saturated carbocycles. The molecule has 154 valence electrons. The fourth-order valence-electron chi connectivity index (χ4n) is 3.81. The zero-order valence-electron chi connectivity index (χ0n) is 16.9. The molecule has 7 heteroatoms. The Labute approximate surface area is 167 Å². The van der Waals surface area contributed by atoms with Crippen LogP contribution in [0.2, 0.25) is 0 Å². The fourth-order valence-corrected chi connectivity index (χ4v) is 3.81. The first-order chi connectivity index (χ1) is 13.5. The van der Waals surface area contributed by atoms with Crippen molar-refractivity contribution < 1.29 is 14.3 Å². The van der Waals surface area contributed by atoms with Crippen LogP contribution < -0.4 is 10.6 Å². The van der Waals surface area contributed by atoms with Crippen LogP contribution >= 0.6 is 0 Å². The molecule has 1 aromatic rings. The van der Waals surface area contributed by atoms with Crippen molar-refractivity contribution in [3.8, 4) is 0 Å². The Balaban J connectivity index is 1.50. The average molecular weight is 389 g/mol. The summed E-state index contributed by atoms with van der Waals surface area (Å²) in [6.07, 6.45) is 2.08. The number of amides is 3. The van der Waals surface area contributed by atoms with Gasteiger partial charge in [0.15, 0.2) is 0 Å².